The number of aliphatic carboxylic acids is 1. The van der Waals surface area contributed by atoms with Crippen LogP contribution >= 0.6 is 0 Å². The van der Waals surface area contributed by atoms with Crippen molar-refractivity contribution in [3.8, 4) is 0 Å². The van der Waals surface area contributed by atoms with Gasteiger partial charge in [0.25, 0.3) is 0 Å². The number of carboxylic acid groups (broad SMARTS) is 1. The summed E-state index contributed by atoms with van der Waals surface area (Å²) in [6.07, 6.45) is 0.729. The number of urea groups is 1. The Bertz CT molecular complexity index is 394. The van der Waals surface area contributed by atoms with Crippen molar-refractivity contribution in [2.45, 2.75) is 38.8 Å². The van der Waals surface area contributed by atoms with Gasteiger partial charge in [-0.2, -0.15) is 0 Å². The lowest BCUT2D eigenvalue weighted by Gasteiger charge is -2.41. The molecule has 0 aromatic heterocycles. The molecule has 0 bridgehead atoms. The Morgan fingerprint density at radius 3 is 2.58 bits per heavy atom. The highest BCUT2D eigenvalue weighted by molar-refractivity contribution is 5.90. The van der Waals surface area contributed by atoms with Crippen molar-refractivity contribution < 1.29 is 19.5 Å². The van der Waals surface area contributed by atoms with E-state index in [1.54, 1.807) is 7.05 Å². The molecule has 0 saturated carbocycles. The zero-order chi connectivity index (χ0) is 14.8. The Hall–Kier alpha value is -1.79. The molecule has 1 fully saturated rings. The van der Waals surface area contributed by atoms with Gasteiger partial charge in [-0.15, -0.1) is 0 Å². The average Bonchev–Trinajstić information content (AvgIpc) is 2.36. The summed E-state index contributed by atoms with van der Waals surface area (Å²) < 4.78 is 0. The van der Waals surface area contributed by atoms with Crippen LogP contribution in [-0.2, 0) is 9.59 Å². The van der Waals surface area contributed by atoms with Crippen LogP contribution in [0, 0.1) is 0 Å². The molecule has 7 nitrogen and oxygen atoms in total. The summed E-state index contributed by atoms with van der Waals surface area (Å²) in [7, 11) is 1.62. The van der Waals surface area contributed by atoms with E-state index < -0.39 is 23.6 Å². The molecule has 7 heteroatoms. The lowest BCUT2D eigenvalue weighted by Crippen LogP contribution is -2.63. The number of rotatable bonds is 3. The van der Waals surface area contributed by atoms with Crippen LogP contribution < -0.4 is 5.32 Å². The van der Waals surface area contributed by atoms with Crippen LogP contribution in [-0.4, -0.2) is 64.5 Å². The third-order valence-electron chi connectivity index (χ3n) is 3.77. The molecular weight excluding hydrogens is 250 g/mol. The van der Waals surface area contributed by atoms with Crippen LogP contribution in [0.15, 0.2) is 0 Å². The van der Waals surface area contributed by atoms with E-state index >= 15 is 0 Å². The summed E-state index contributed by atoms with van der Waals surface area (Å²) in [6, 6.07) is -1.45. The monoisotopic (exact) mass is 271 g/mol. The van der Waals surface area contributed by atoms with Crippen molar-refractivity contribution in [2.75, 3.05) is 20.1 Å². The van der Waals surface area contributed by atoms with Gasteiger partial charge < -0.3 is 15.3 Å². The van der Waals surface area contributed by atoms with E-state index in [0.29, 0.717) is 0 Å². The van der Waals surface area contributed by atoms with E-state index in [4.69, 9.17) is 5.11 Å². The molecule has 19 heavy (non-hydrogen) atoms. The number of carboxylic acids is 1. The quantitative estimate of drug-likeness (QED) is 0.762. The van der Waals surface area contributed by atoms with Gasteiger partial charge in [0.2, 0.25) is 5.91 Å². The van der Waals surface area contributed by atoms with Gasteiger partial charge in [0.15, 0.2) is 0 Å². The maximum absolute atomic E-state index is 12.4. The van der Waals surface area contributed by atoms with E-state index in [2.05, 4.69) is 5.32 Å². The summed E-state index contributed by atoms with van der Waals surface area (Å²) in [6.45, 7) is 5.46. The molecule has 1 aliphatic rings. The minimum absolute atomic E-state index is 0.0553. The summed E-state index contributed by atoms with van der Waals surface area (Å²) >= 11 is 0. The zero-order valence-electron chi connectivity index (χ0n) is 11.8. The number of carbonyl (C=O) groups excluding carboxylic acids is 2. The second-order valence-corrected chi connectivity index (χ2v) is 5.29. The molecule has 1 aliphatic heterocycles. The Morgan fingerprint density at radius 2 is 2.11 bits per heavy atom. The van der Waals surface area contributed by atoms with Crippen LogP contribution in [0.3, 0.4) is 0 Å². The molecule has 0 aliphatic carbocycles. The maximum Gasteiger partial charge on any atom is 0.328 e. The van der Waals surface area contributed by atoms with Crippen LogP contribution in [0.5, 0.6) is 0 Å². The average molecular weight is 271 g/mol. The van der Waals surface area contributed by atoms with Crippen molar-refractivity contribution in [3.05, 3.63) is 0 Å². The van der Waals surface area contributed by atoms with Gasteiger partial charge in [-0.3, -0.25) is 9.69 Å². The van der Waals surface area contributed by atoms with Gasteiger partial charge in [-0.1, -0.05) is 6.92 Å². The van der Waals surface area contributed by atoms with Gasteiger partial charge in [0, 0.05) is 19.1 Å². The lowest BCUT2D eigenvalue weighted by atomic mass is 10.0. The topological polar surface area (TPSA) is 90.0 Å². The second-order valence-electron chi connectivity index (χ2n) is 5.29. The summed E-state index contributed by atoms with van der Waals surface area (Å²) in [5.74, 6) is -1.45. The summed E-state index contributed by atoms with van der Waals surface area (Å²) in [5.41, 5.74) is -0.395. The Morgan fingerprint density at radius 1 is 1.53 bits per heavy atom. The molecular formula is C12H21N3O4. The minimum atomic E-state index is -1.11. The highest BCUT2D eigenvalue weighted by Gasteiger charge is 2.39. The van der Waals surface area contributed by atoms with Crippen molar-refractivity contribution in [3.63, 3.8) is 0 Å². The lowest BCUT2D eigenvalue weighted by molar-refractivity contribution is -0.144. The van der Waals surface area contributed by atoms with Gasteiger partial charge >= 0.3 is 12.0 Å². The number of amides is 3. The molecule has 1 unspecified atom stereocenters. The Balaban J connectivity index is 2.93. The smallest absolute Gasteiger partial charge is 0.328 e. The maximum atomic E-state index is 12.4. The van der Waals surface area contributed by atoms with E-state index in [-0.39, 0.29) is 19.0 Å². The van der Waals surface area contributed by atoms with Crippen molar-refractivity contribution in [1.29, 1.82) is 0 Å². The third-order valence-corrected chi connectivity index (χ3v) is 3.77. The van der Waals surface area contributed by atoms with Crippen LogP contribution in [0.2, 0.25) is 0 Å². The van der Waals surface area contributed by atoms with Gasteiger partial charge in [0.1, 0.15) is 12.6 Å². The van der Waals surface area contributed by atoms with E-state index in [9.17, 15) is 14.4 Å². The first-order valence-electron chi connectivity index (χ1n) is 6.24. The standard InChI is InChI=1S/C12H21N3O4/c1-5-12(2,3)14(4)11(19)15-7-9(16)13-6-8(15)10(17)18/h8H,5-7H2,1-4H3,(H,13,16)(H,17,18). The number of nitrogens with zero attached hydrogens (tertiary/aromatic N) is 2. The molecule has 0 radical (unpaired) electrons. The fourth-order valence-electron chi connectivity index (χ4n) is 1.75. The fraction of sp³-hybridized carbons (Fsp3) is 0.750. The van der Waals surface area contributed by atoms with Gasteiger partial charge in [0.05, 0.1) is 0 Å². The molecule has 3 amide bonds. The number of hydrogen-bond donors (Lipinski definition) is 2. The van der Waals surface area contributed by atoms with Crippen LogP contribution in [0.1, 0.15) is 27.2 Å². The normalized spacial score (nSPS) is 19.9. The SMILES string of the molecule is CCC(C)(C)N(C)C(=O)N1CC(=O)NCC1C(=O)O. The Labute approximate surface area is 112 Å². The summed E-state index contributed by atoms with van der Waals surface area (Å²) in [5, 5.41) is 11.6. The molecule has 2 N–H and O–H groups in total. The first-order chi connectivity index (χ1) is 8.70. The number of nitrogens with one attached hydrogen (secondary N) is 1. The number of hydrogen-bond acceptors (Lipinski definition) is 3. The number of carbonyl (C=O) groups is 3. The molecule has 0 aromatic carbocycles. The molecule has 0 spiro atoms. The van der Waals surface area contributed by atoms with Crippen LogP contribution in [0.25, 0.3) is 0 Å². The van der Waals surface area contributed by atoms with E-state index in [1.165, 1.54) is 4.90 Å². The number of piperazine rings is 1. The van der Waals surface area contributed by atoms with Crippen molar-refractivity contribution >= 4 is 17.9 Å². The first kappa shape index (κ1) is 15.3. The second kappa shape index (κ2) is 5.46. The molecule has 108 valence electrons. The molecule has 1 rings (SSSR count). The third kappa shape index (κ3) is 3.15. The van der Waals surface area contributed by atoms with Gasteiger partial charge in [-0.05, 0) is 20.3 Å². The van der Waals surface area contributed by atoms with E-state index in [0.717, 1.165) is 11.3 Å². The van der Waals surface area contributed by atoms with Gasteiger partial charge in [-0.25, -0.2) is 9.59 Å². The highest BCUT2D eigenvalue weighted by atomic mass is 16.4. The van der Waals surface area contributed by atoms with Crippen LogP contribution in [0.4, 0.5) is 4.79 Å². The van der Waals surface area contributed by atoms with Crippen molar-refractivity contribution in [1.82, 2.24) is 15.1 Å². The largest absolute Gasteiger partial charge is 0.480 e. The first-order valence-corrected chi connectivity index (χ1v) is 6.24. The predicted molar refractivity (Wildman–Crippen MR) is 68.7 cm³/mol. The van der Waals surface area contributed by atoms with Crippen molar-refractivity contribution in [2.24, 2.45) is 0 Å². The molecule has 1 heterocycles. The molecule has 1 saturated heterocycles. The summed E-state index contributed by atoms with van der Waals surface area (Å²) in [4.78, 5) is 37.5. The zero-order valence-corrected chi connectivity index (χ0v) is 11.8. The fourth-order valence-corrected chi connectivity index (χ4v) is 1.75. The molecule has 1 atom stereocenters. The Kier molecular flexibility index (Phi) is 4.39. The molecule has 0 aromatic rings. The predicted octanol–water partition coefficient (Wildman–Crippen LogP) is 0.112. The highest BCUT2D eigenvalue weighted by Crippen LogP contribution is 2.19. The van der Waals surface area contributed by atoms with E-state index in [1.807, 2.05) is 20.8 Å². The minimum Gasteiger partial charge on any atom is -0.480 e.